The molecule has 1 aliphatic carbocycles. The topological polar surface area (TPSA) is 44.2 Å². The lowest BCUT2D eigenvalue weighted by Gasteiger charge is -2.23. The molecule has 17 heavy (non-hydrogen) atoms. The quantitative estimate of drug-likeness (QED) is 0.791. The Kier molecular flexibility index (Phi) is 2.30. The minimum absolute atomic E-state index is 0.250. The highest BCUT2D eigenvalue weighted by Crippen LogP contribution is 2.37. The van der Waals surface area contributed by atoms with Gasteiger partial charge in [-0.25, -0.2) is 0 Å². The molecule has 2 aromatic heterocycles. The van der Waals surface area contributed by atoms with Crippen LogP contribution in [0.2, 0.25) is 0 Å². The van der Waals surface area contributed by atoms with Crippen LogP contribution in [0.3, 0.4) is 0 Å². The van der Waals surface area contributed by atoms with Gasteiger partial charge in [-0.15, -0.1) is 0 Å². The highest BCUT2D eigenvalue weighted by Gasteiger charge is 2.26. The number of hydrogen-bond donors (Lipinski definition) is 0. The van der Waals surface area contributed by atoms with Gasteiger partial charge in [0.15, 0.2) is 6.10 Å². The van der Waals surface area contributed by atoms with E-state index in [9.17, 15) is 0 Å². The number of aromatic nitrogens is 2. The Morgan fingerprint density at radius 2 is 1.94 bits per heavy atom. The Hall–Kier alpha value is -1.94. The van der Waals surface area contributed by atoms with Gasteiger partial charge in [0.25, 0.3) is 0 Å². The van der Waals surface area contributed by atoms with Crippen molar-refractivity contribution in [2.24, 2.45) is 0 Å². The fourth-order valence-electron chi connectivity index (χ4n) is 2.23. The van der Waals surface area contributed by atoms with E-state index in [0.717, 1.165) is 27.9 Å². The molecule has 4 nitrogen and oxygen atoms in total. The molecule has 4 heteroatoms. The average Bonchev–Trinajstić information content (AvgIpc) is 2.39. The highest BCUT2D eigenvalue weighted by molar-refractivity contribution is 5.92. The Morgan fingerprint density at radius 1 is 1.12 bits per heavy atom. The van der Waals surface area contributed by atoms with E-state index in [1.54, 1.807) is 26.6 Å². The molecule has 0 aromatic carbocycles. The van der Waals surface area contributed by atoms with E-state index < -0.39 is 0 Å². The van der Waals surface area contributed by atoms with Crippen LogP contribution in [0.25, 0.3) is 17.0 Å². The first-order chi connectivity index (χ1) is 8.35. The minimum atomic E-state index is -0.250. The van der Waals surface area contributed by atoms with Gasteiger partial charge in [0.05, 0.1) is 18.3 Å². The summed E-state index contributed by atoms with van der Waals surface area (Å²) in [7, 11) is 3.30. The van der Waals surface area contributed by atoms with E-state index in [2.05, 4.69) is 9.97 Å². The molecule has 0 saturated heterocycles. The monoisotopic (exact) mass is 228 g/mol. The van der Waals surface area contributed by atoms with Gasteiger partial charge in [-0.2, -0.15) is 0 Å². The van der Waals surface area contributed by atoms with Crippen LogP contribution in [0.5, 0.6) is 0 Å². The predicted octanol–water partition coefficient (Wildman–Crippen LogP) is 2.32. The highest BCUT2D eigenvalue weighted by atomic mass is 16.5. The zero-order valence-electron chi connectivity index (χ0n) is 9.68. The van der Waals surface area contributed by atoms with Crippen LogP contribution < -0.4 is 0 Å². The van der Waals surface area contributed by atoms with Crippen molar-refractivity contribution < 1.29 is 9.47 Å². The Balaban J connectivity index is 2.37. The second-order valence-electron chi connectivity index (χ2n) is 3.86. The van der Waals surface area contributed by atoms with Crippen LogP contribution in [-0.2, 0) is 9.47 Å². The van der Waals surface area contributed by atoms with Crippen LogP contribution in [-0.4, -0.2) is 24.2 Å². The molecule has 0 radical (unpaired) electrons. The summed E-state index contributed by atoms with van der Waals surface area (Å²) >= 11 is 0. The van der Waals surface area contributed by atoms with Gasteiger partial charge in [0.2, 0.25) is 0 Å². The molecule has 0 saturated carbocycles. The number of methoxy groups -OCH3 is 2. The first-order valence-corrected chi connectivity index (χ1v) is 5.37. The van der Waals surface area contributed by atoms with Gasteiger partial charge in [-0.3, -0.25) is 9.97 Å². The maximum atomic E-state index is 5.46. The van der Waals surface area contributed by atoms with Crippen molar-refractivity contribution in [2.45, 2.75) is 6.10 Å². The summed E-state index contributed by atoms with van der Waals surface area (Å²) in [5.74, 6) is 0.770. The predicted molar refractivity (Wildman–Crippen MR) is 64.3 cm³/mol. The number of hydrogen-bond acceptors (Lipinski definition) is 4. The third-order valence-corrected chi connectivity index (χ3v) is 2.99. The molecule has 1 atom stereocenters. The van der Waals surface area contributed by atoms with Crippen molar-refractivity contribution in [1.29, 1.82) is 0 Å². The van der Waals surface area contributed by atoms with E-state index >= 15 is 0 Å². The van der Waals surface area contributed by atoms with Gasteiger partial charge >= 0.3 is 0 Å². The largest absolute Gasteiger partial charge is 0.498 e. The summed E-state index contributed by atoms with van der Waals surface area (Å²) in [4.78, 5) is 8.74. The number of ether oxygens (including phenoxy) is 2. The summed E-state index contributed by atoms with van der Waals surface area (Å²) in [5, 5.41) is 1.04. The van der Waals surface area contributed by atoms with Gasteiger partial charge in [-0.1, -0.05) is 0 Å². The Morgan fingerprint density at radius 3 is 2.71 bits per heavy atom. The lowest BCUT2D eigenvalue weighted by molar-refractivity contribution is 0.0782. The maximum Gasteiger partial charge on any atom is 0.157 e. The Bertz CT molecular complexity index is 602. The van der Waals surface area contributed by atoms with Crippen molar-refractivity contribution in [3.8, 4) is 0 Å². The molecule has 0 fully saturated rings. The normalized spacial score (nSPS) is 18.0. The zero-order chi connectivity index (χ0) is 11.8. The molecular formula is C13H12N2O2. The molecule has 0 spiro atoms. The molecule has 0 amide bonds. The molecule has 2 heterocycles. The molecule has 0 aliphatic heterocycles. The zero-order valence-corrected chi connectivity index (χ0v) is 9.68. The van der Waals surface area contributed by atoms with E-state index in [-0.39, 0.29) is 6.10 Å². The smallest absolute Gasteiger partial charge is 0.157 e. The second-order valence-corrected chi connectivity index (χ2v) is 3.86. The molecule has 2 aromatic rings. The standard InChI is InChI=1S/C13H12N2O2/c1-16-10-7-8-3-5-14-9-4-6-15-12(11(8)9)13(10)17-2/h3-7,13H,1-2H3. The maximum absolute atomic E-state index is 5.46. The second kappa shape index (κ2) is 3.82. The fraction of sp³-hybridized carbons (Fsp3) is 0.231. The summed E-state index contributed by atoms with van der Waals surface area (Å²) in [6, 6.07) is 3.86. The van der Waals surface area contributed by atoms with Crippen LogP contribution in [0.15, 0.2) is 30.3 Å². The van der Waals surface area contributed by atoms with Gasteiger partial charge in [-0.05, 0) is 23.8 Å². The lowest BCUT2D eigenvalue weighted by Crippen LogP contribution is -2.13. The molecule has 86 valence electrons. The summed E-state index contributed by atoms with van der Waals surface area (Å²) in [6.45, 7) is 0. The summed E-state index contributed by atoms with van der Waals surface area (Å²) < 4.78 is 10.8. The molecule has 1 aliphatic rings. The van der Waals surface area contributed by atoms with Crippen LogP contribution >= 0.6 is 0 Å². The number of rotatable bonds is 2. The fourth-order valence-corrected chi connectivity index (χ4v) is 2.23. The van der Waals surface area contributed by atoms with E-state index in [1.165, 1.54) is 0 Å². The van der Waals surface area contributed by atoms with E-state index in [4.69, 9.17) is 9.47 Å². The van der Waals surface area contributed by atoms with Crippen LogP contribution in [0, 0.1) is 0 Å². The van der Waals surface area contributed by atoms with E-state index in [0.29, 0.717) is 0 Å². The van der Waals surface area contributed by atoms with Crippen molar-refractivity contribution in [3.63, 3.8) is 0 Å². The minimum Gasteiger partial charge on any atom is -0.498 e. The van der Waals surface area contributed by atoms with Crippen LogP contribution in [0.1, 0.15) is 17.4 Å². The third kappa shape index (κ3) is 1.41. The molecule has 1 unspecified atom stereocenters. The van der Waals surface area contributed by atoms with Crippen LogP contribution in [0.4, 0.5) is 0 Å². The van der Waals surface area contributed by atoms with Gasteiger partial charge < -0.3 is 9.47 Å². The van der Waals surface area contributed by atoms with Crippen molar-refractivity contribution >= 4 is 17.0 Å². The lowest BCUT2D eigenvalue weighted by atomic mass is 9.97. The summed E-state index contributed by atoms with van der Waals surface area (Å²) in [5.41, 5.74) is 2.87. The molecule has 0 bridgehead atoms. The van der Waals surface area contributed by atoms with Crippen molar-refractivity contribution in [3.05, 3.63) is 41.5 Å². The van der Waals surface area contributed by atoms with Crippen molar-refractivity contribution in [1.82, 2.24) is 9.97 Å². The summed E-state index contributed by atoms with van der Waals surface area (Å²) in [6.07, 6.45) is 5.27. The van der Waals surface area contributed by atoms with E-state index in [1.807, 2.05) is 18.2 Å². The molecule has 0 N–H and O–H groups in total. The number of nitrogens with zero attached hydrogens (tertiary/aromatic N) is 2. The van der Waals surface area contributed by atoms with Crippen molar-refractivity contribution in [2.75, 3.05) is 14.2 Å². The first kappa shape index (κ1) is 10.2. The number of pyridine rings is 2. The van der Waals surface area contributed by atoms with Gasteiger partial charge in [0.1, 0.15) is 5.76 Å². The first-order valence-electron chi connectivity index (χ1n) is 5.37. The molecular weight excluding hydrogens is 216 g/mol. The average molecular weight is 228 g/mol. The Labute approximate surface area is 98.9 Å². The third-order valence-electron chi connectivity index (χ3n) is 2.99. The molecule has 3 rings (SSSR count). The van der Waals surface area contributed by atoms with Gasteiger partial charge in [0, 0.05) is 24.9 Å². The SMILES string of the molecule is COC1=Cc2ccnc3ccnc(c23)C1OC.